The van der Waals surface area contributed by atoms with Crippen LogP contribution in [-0.4, -0.2) is 67.9 Å². The Labute approximate surface area is 162 Å². The summed E-state index contributed by atoms with van der Waals surface area (Å²) in [7, 11) is 1.22. The molecule has 3 heterocycles. The summed E-state index contributed by atoms with van der Waals surface area (Å²) in [5, 5.41) is 23.8. The zero-order valence-electron chi connectivity index (χ0n) is 14.7. The maximum atomic E-state index is 12.8. The summed E-state index contributed by atoms with van der Waals surface area (Å²) in [6.07, 6.45) is 0. The van der Waals surface area contributed by atoms with E-state index in [2.05, 4.69) is 5.32 Å². The van der Waals surface area contributed by atoms with E-state index in [1.807, 2.05) is 0 Å². The minimum Gasteiger partial charge on any atom is -0.480 e. The molecule has 146 valence electrons. The van der Waals surface area contributed by atoms with Crippen LogP contribution in [0.2, 0.25) is 0 Å². The van der Waals surface area contributed by atoms with Gasteiger partial charge in [0, 0.05) is 11.9 Å². The Kier molecular flexibility index (Phi) is 4.73. The maximum Gasteiger partial charge on any atom is 0.327 e. The summed E-state index contributed by atoms with van der Waals surface area (Å²) in [6, 6.07) is 0.443. The number of carboxylic acid groups (broad SMARTS) is 2. The number of β-lactam (4-membered cyclic amide) rings is 1. The fourth-order valence-corrected chi connectivity index (χ4v) is 5.84. The second-order valence-electron chi connectivity index (χ2n) is 6.78. The minimum absolute atomic E-state index is 0.294. The van der Waals surface area contributed by atoms with Crippen molar-refractivity contribution in [2.24, 2.45) is 0 Å². The molecule has 9 nitrogen and oxygen atoms in total. The fraction of sp³-hybridized carbons (Fsp3) is 0.500. The first-order chi connectivity index (χ1) is 12.6. The van der Waals surface area contributed by atoms with Crippen molar-refractivity contribution in [3.8, 4) is 0 Å². The average molecular weight is 414 g/mol. The van der Waals surface area contributed by atoms with Crippen LogP contribution in [0.1, 0.15) is 25.3 Å². The molecule has 2 aliphatic heterocycles. The maximum absolute atomic E-state index is 12.8. The predicted octanol–water partition coefficient (Wildman–Crippen LogP) is 0.522. The summed E-state index contributed by atoms with van der Waals surface area (Å²) in [5.74, 6) is -5.61. The SMILES string of the molecule is CO[C@@]1(NC(=O)[C@@H](C(=O)O)c2ccsc2)C(=O)N2[C@@H](C(=O)O)C(C)(C)S[C@@H]21. The van der Waals surface area contributed by atoms with Crippen LogP contribution in [0.4, 0.5) is 0 Å². The first kappa shape index (κ1) is 19.6. The molecule has 4 atom stereocenters. The third-order valence-corrected chi connectivity index (χ3v) is 7.07. The van der Waals surface area contributed by atoms with E-state index < -0.39 is 51.6 Å². The van der Waals surface area contributed by atoms with Crippen LogP contribution in [0, 0.1) is 0 Å². The van der Waals surface area contributed by atoms with E-state index in [-0.39, 0.29) is 0 Å². The van der Waals surface area contributed by atoms with E-state index in [4.69, 9.17) is 4.74 Å². The van der Waals surface area contributed by atoms with Crippen molar-refractivity contribution in [2.75, 3.05) is 7.11 Å². The number of thioether (sulfide) groups is 1. The van der Waals surface area contributed by atoms with Gasteiger partial charge in [-0.1, -0.05) is 0 Å². The standard InChI is InChI=1S/C16H18N2O7S2/c1-15(2)9(12(22)23)18-13(24)16(25-3,14(18)27-15)17-10(19)8(11(20)21)7-4-5-26-6-7/h4-6,8-9,14H,1-3H3,(H,17,19)(H,20,21)(H,22,23)/t8-,9-,14+,16-/m0/s1. The molecule has 0 bridgehead atoms. The molecule has 2 amide bonds. The molecule has 0 saturated carbocycles. The second kappa shape index (κ2) is 6.50. The topological polar surface area (TPSA) is 133 Å². The quantitative estimate of drug-likeness (QED) is 0.349. The smallest absolute Gasteiger partial charge is 0.327 e. The Morgan fingerprint density at radius 1 is 1.33 bits per heavy atom. The molecule has 0 unspecified atom stereocenters. The van der Waals surface area contributed by atoms with Gasteiger partial charge in [-0.15, -0.1) is 11.8 Å². The van der Waals surface area contributed by atoms with Crippen LogP contribution < -0.4 is 5.32 Å². The molecule has 0 aromatic carbocycles. The zero-order chi connectivity index (χ0) is 20.1. The lowest BCUT2D eigenvalue weighted by molar-refractivity contribution is -0.201. The predicted molar refractivity (Wildman–Crippen MR) is 96.3 cm³/mol. The van der Waals surface area contributed by atoms with Crippen molar-refractivity contribution >= 4 is 46.9 Å². The minimum atomic E-state index is -1.80. The van der Waals surface area contributed by atoms with Gasteiger partial charge >= 0.3 is 11.9 Å². The van der Waals surface area contributed by atoms with Gasteiger partial charge in [-0.2, -0.15) is 11.3 Å². The zero-order valence-corrected chi connectivity index (χ0v) is 16.3. The summed E-state index contributed by atoms with van der Waals surface area (Å²) < 4.78 is 4.50. The van der Waals surface area contributed by atoms with Crippen molar-refractivity contribution in [2.45, 2.75) is 41.7 Å². The average Bonchev–Trinajstić information content (AvgIpc) is 3.16. The number of nitrogens with zero attached hydrogens (tertiary/aromatic N) is 1. The number of hydrogen-bond acceptors (Lipinski definition) is 7. The van der Waals surface area contributed by atoms with Gasteiger partial charge in [0.25, 0.3) is 11.6 Å². The summed E-state index contributed by atoms with van der Waals surface area (Å²) in [4.78, 5) is 49.9. The fourth-order valence-electron chi connectivity index (χ4n) is 3.48. The van der Waals surface area contributed by atoms with Crippen LogP contribution in [0.5, 0.6) is 0 Å². The van der Waals surface area contributed by atoms with E-state index >= 15 is 0 Å². The Bertz CT molecular complexity index is 810. The van der Waals surface area contributed by atoms with Crippen LogP contribution >= 0.6 is 23.1 Å². The lowest BCUT2D eigenvalue weighted by atomic mass is 9.92. The number of rotatable bonds is 6. The van der Waals surface area contributed by atoms with Crippen LogP contribution in [0.15, 0.2) is 16.8 Å². The van der Waals surface area contributed by atoms with Gasteiger partial charge in [-0.05, 0) is 36.2 Å². The normalized spacial score (nSPS) is 29.6. The number of aliphatic carboxylic acids is 2. The van der Waals surface area contributed by atoms with E-state index in [0.29, 0.717) is 5.56 Å². The van der Waals surface area contributed by atoms with Crippen molar-refractivity contribution < 1.29 is 34.1 Å². The number of amides is 2. The molecule has 27 heavy (non-hydrogen) atoms. The van der Waals surface area contributed by atoms with Gasteiger partial charge in [0.15, 0.2) is 5.92 Å². The molecule has 1 aromatic rings. The Hall–Kier alpha value is -2.11. The Balaban J connectivity index is 1.89. The van der Waals surface area contributed by atoms with Crippen molar-refractivity contribution in [3.63, 3.8) is 0 Å². The van der Waals surface area contributed by atoms with Crippen LogP contribution in [0.3, 0.4) is 0 Å². The van der Waals surface area contributed by atoms with Crippen LogP contribution in [0.25, 0.3) is 0 Å². The van der Waals surface area contributed by atoms with Crippen molar-refractivity contribution in [3.05, 3.63) is 22.4 Å². The number of nitrogens with one attached hydrogen (secondary N) is 1. The molecule has 11 heteroatoms. The number of thiophene rings is 1. The molecule has 2 fully saturated rings. The molecule has 0 radical (unpaired) electrons. The highest BCUT2D eigenvalue weighted by atomic mass is 32.2. The third-order valence-electron chi connectivity index (χ3n) is 4.76. The van der Waals surface area contributed by atoms with Gasteiger partial charge in [-0.25, -0.2) is 4.79 Å². The highest BCUT2D eigenvalue weighted by molar-refractivity contribution is 8.01. The Morgan fingerprint density at radius 2 is 2.00 bits per heavy atom. The number of carboxylic acids is 2. The molecule has 2 saturated heterocycles. The van der Waals surface area contributed by atoms with E-state index in [0.717, 1.165) is 4.90 Å². The van der Waals surface area contributed by atoms with Crippen molar-refractivity contribution in [1.82, 2.24) is 10.2 Å². The van der Waals surface area contributed by atoms with Crippen LogP contribution in [-0.2, 0) is 23.9 Å². The first-order valence-electron chi connectivity index (χ1n) is 7.92. The number of carbonyl (C=O) groups excluding carboxylic acids is 2. The number of methoxy groups -OCH3 is 1. The van der Waals surface area contributed by atoms with Gasteiger partial charge < -0.3 is 25.2 Å². The molecule has 2 aliphatic rings. The lowest BCUT2D eigenvalue weighted by Crippen LogP contribution is -2.80. The van der Waals surface area contributed by atoms with E-state index in [1.165, 1.54) is 36.3 Å². The monoisotopic (exact) mass is 414 g/mol. The number of ether oxygens (including phenoxy) is 1. The van der Waals surface area contributed by atoms with E-state index in [9.17, 15) is 29.4 Å². The molecule has 1 aromatic heterocycles. The van der Waals surface area contributed by atoms with Gasteiger partial charge in [0.2, 0.25) is 5.91 Å². The van der Waals surface area contributed by atoms with Gasteiger partial charge in [-0.3, -0.25) is 14.4 Å². The number of hydrogen-bond donors (Lipinski definition) is 3. The number of carbonyl (C=O) groups is 4. The largest absolute Gasteiger partial charge is 0.480 e. The summed E-state index contributed by atoms with van der Waals surface area (Å²) in [5.41, 5.74) is -1.50. The van der Waals surface area contributed by atoms with Gasteiger partial charge in [0.1, 0.15) is 11.4 Å². The lowest BCUT2D eigenvalue weighted by Gasteiger charge is -2.51. The molecule has 3 N–H and O–H groups in total. The molecule has 0 aliphatic carbocycles. The summed E-state index contributed by atoms with van der Waals surface area (Å²) in [6.45, 7) is 3.38. The van der Waals surface area contributed by atoms with Gasteiger partial charge in [0.05, 0.1) is 0 Å². The second-order valence-corrected chi connectivity index (χ2v) is 9.30. The Morgan fingerprint density at radius 3 is 2.48 bits per heavy atom. The van der Waals surface area contributed by atoms with Crippen molar-refractivity contribution in [1.29, 1.82) is 0 Å². The highest BCUT2D eigenvalue weighted by Crippen LogP contribution is 2.55. The highest BCUT2D eigenvalue weighted by Gasteiger charge is 2.73. The molecular formula is C16H18N2O7S2. The third kappa shape index (κ3) is 2.80. The first-order valence-corrected chi connectivity index (χ1v) is 9.74. The molecule has 3 rings (SSSR count). The van der Waals surface area contributed by atoms with E-state index in [1.54, 1.807) is 24.6 Å². The molecular weight excluding hydrogens is 396 g/mol. The summed E-state index contributed by atoms with van der Waals surface area (Å²) >= 11 is 2.43. The molecule has 0 spiro atoms. The number of fused-ring (bicyclic) bond motifs is 1.